The Bertz CT molecular complexity index is 967. The van der Waals surface area contributed by atoms with Crippen LogP contribution in [0.1, 0.15) is 17.3 Å². The van der Waals surface area contributed by atoms with Crippen LogP contribution in [-0.2, 0) is 4.79 Å². The molecule has 1 aliphatic heterocycles. The van der Waals surface area contributed by atoms with E-state index in [1.54, 1.807) is 36.7 Å². The van der Waals surface area contributed by atoms with Gasteiger partial charge in [-0.1, -0.05) is 0 Å². The highest BCUT2D eigenvalue weighted by atomic mass is 32.1. The van der Waals surface area contributed by atoms with Gasteiger partial charge in [0.1, 0.15) is 5.75 Å². The Morgan fingerprint density at radius 1 is 1.29 bits per heavy atom. The van der Waals surface area contributed by atoms with E-state index in [1.807, 2.05) is 12.1 Å². The normalized spacial score (nSPS) is 16.2. The molecule has 0 unspecified atom stereocenters. The van der Waals surface area contributed by atoms with Gasteiger partial charge in [-0.05, 0) is 43.3 Å². The fourth-order valence-corrected chi connectivity index (χ4v) is 3.20. The summed E-state index contributed by atoms with van der Waals surface area (Å²) in [6, 6.07) is 10.5. The molecule has 0 bridgehead atoms. The monoisotopic (exact) mass is 339 g/mol. The maximum Gasteiger partial charge on any atom is 0.265 e. The van der Waals surface area contributed by atoms with Crippen LogP contribution in [0.4, 0.5) is 11.4 Å². The quantitative estimate of drug-likeness (QED) is 0.751. The fraction of sp³-hybridized carbons (Fsp3) is 0.118. The summed E-state index contributed by atoms with van der Waals surface area (Å²) >= 11 is 1.49. The maximum absolute atomic E-state index is 12.4. The Labute approximate surface area is 141 Å². The number of anilines is 2. The maximum atomic E-state index is 12.4. The lowest BCUT2D eigenvalue weighted by Gasteiger charge is -2.23. The zero-order chi connectivity index (χ0) is 16.7. The second kappa shape index (κ2) is 5.61. The highest BCUT2D eigenvalue weighted by Crippen LogP contribution is 2.32. The van der Waals surface area contributed by atoms with Crippen LogP contribution in [0.5, 0.6) is 5.75 Å². The van der Waals surface area contributed by atoms with E-state index >= 15 is 0 Å². The van der Waals surface area contributed by atoms with E-state index in [4.69, 9.17) is 4.74 Å². The Balaban J connectivity index is 1.57. The van der Waals surface area contributed by atoms with Crippen molar-refractivity contribution < 1.29 is 14.3 Å². The summed E-state index contributed by atoms with van der Waals surface area (Å²) in [4.78, 5) is 28.3. The minimum absolute atomic E-state index is 0.207. The summed E-state index contributed by atoms with van der Waals surface area (Å²) in [5, 5.41) is 5.59. The Morgan fingerprint density at radius 3 is 3.04 bits per heavy atom. The van der Waals surface area contributed by atoms with Gasteiger partial charge in [-0.2, -0.15) is 0 Å². The van der Waals surface area contributed by atoms with Crippen molar-refractivity contribution in [2.45, 2.75) is 13.0 Å². The summed E-state index contributed by atoms with van der Waals surface area (Å²) in [5.41, 5.74) is 4.31. The van der Waals surface area contributed by atoms with Gasteiger partial charge in [0.15, 0.2) is 6.10 Å². The summed E-state index contributed by atoms with van der Waals surface area (Å²) in [6.45, 7) is 1.68. The van der Waals surface area contributed by atoms with Crippen molar-refractivity contribution in [2.75, 3.05) is 10.6 Å². The molecule has 2 heterocycles. The first-order valence-corrected chi connectivity index (χ1v) is 8.24. The van der Waals surface area contributed by atoms with E-state index < -0.39 is 6.10 Å². The van der Waals surface area contributed by atoms with E-state index in [1.165, 1.54) is 11.3 Å². The van der Waals surface area contributed by atoms with Crippen LogP contribution in [0.2, 0.25) is 0 Å². The van der Waals surface area contributed by atoms with Crippen LogP contribution in [0, 0.1) is 0 Å². The largest absolute Gasteiger partial charge is 0.479 e. The lowest BCUT2D eigenvalue weighted by molar-refractivity contribution is -0.122. The molecule has 4 rings (SSSR count). The molecule has 2 amide bonds. The van der Waals surface area contributed by atoms with Gasteiger partial charge in [-0.3, -0.25) is 9.59 Å². The van der Waals surface area contributed by atoms with Crippen LogP contribution in [-0.4, -0.2) is 22.9 Å². The third kappa shape index (κ3) is 2.59. The molecular formula is C17H13N3O3S. The van der Waals surface area contributed by atoms with Crippen molar-refractivity contribution in [3.63, 3.8) is 0 Å². The first-order valence-electron chi connectivity index (χ1n) is 7.36. The molecule has 0 spiro atoms. The van der Waals surface area contributed by atoms with Crippen molar-refractivity contribution in [1.82, 2.24) is 4.98 Å². The van der Waals surface area contributed by atoms with Gasteiger partial charge >= 0.3 is 0 Å². The topological polar surface area (TPSA) is 80.3 Å². The van der Waals surface area contributed by atoms with Crippen molar-refractivity contribution in [3.8, 4) is 5.75 Å². The molecule has 120 valence electrons. The number of thiazole rings is 1. The number of rotatable bonds is 2. The molecule has 6 nitrogen and oxygen atoms in total. The number of hydrogen-bond acceptors (Lipinski definition) is 5. The number of ether oxygens (including phenoxy) is 1. The van der Waals surface area contributed by atoms with Crippen molar-refractivity contribution >= 4 is 44.7 Å². The van der Waals surface area contributed by atoms with E-state index in [9.17, 15) is 9.59 Å². The van der Waals surface area contributed by atoms with Gasteiger partial charge in [0, 0.05) is 11.3 Å². The molecular weight excluding hydrogens is 326 g/mol. The molecule has 2 N–H and O–H groups in total. The van der Waals surface area contributed by atoms with E-state index in [0.29, 0.717) is 22.7 Å². The minimum Gasteiger partial charge on any atom is -0.479 e. The minimum atomic E-state index is -0.524. The number of nitrogens with zero attached hydrogens (tertiary/aromatic N) is 1. The molecule has 1 aromatic heterocycles. The van der Waals surface area contributed by atoms with Gasteiger partial charge < -0.3 is 15.4 Å². The van der Waals surface area contributed by atoms with E-state index in [2.05, 4.69) is 15.6 Å². The van der Waals surface area contributed by atoms with E-state index in [-0.39, 0.29) is 11.8 Å². The second-order valence-corrected chi connectivity index (χ2v) is 6.34. The average molecular weight is 339 g/mol. The van der Waals surface area contributed by atoms with Gasteiger partial charge in [0.05, 0.1) is 21.4 Å². The fourth-order valence-electron chi connectivity index (χ4n) is 2.49. The number of benzene rings is 2. The van der Waals surface area contributed by atoms with Crippen molar-refractivity contribution in [3.05, 3.63) is 47.5 Å². The molecule has 7 heteroatoms. The number of carbonyl (C=O) groups excluding carboxylic acids is 2. The molecule has 0 radical (unpaired) electrons. The molecule has 0 saturated carbocycles. The second-order valence-electron chi connectivity index (χ2n) is 5.45. The molecule has 24 heavy (non-hydrogen) atoms. The van der Waals surface area contributed by atoms with Crippen LogP contribution < -0.4 is 15.4 Å². The first kappa shape index (κ1) is 14.6. The standard InChI is InChI=1S/C17H13N3O3S/c1-9-16(21)20-13-7-11(3-5-14(13)23-9)19-17(22)10-2-4-12-15(6-10)24-8-18-12/h2-9H,1H3,(H,19,22)(H,20,21)/t9-/m1/s1. The number of aromatic nitrogens is 1. The third-order valence-corrected chi connectivity index (χ3v) is 4.55. The first-order chi connectivity index (χ1) is 11.6. The SMILES string of the molecule is C[C@H]1Oc2ccc(NC(=O)c3ccc4ncsc4c3)cc2NC1=O. The molecule has 3 aromatic rings. The number of nitrogens with one attached hydrogen (secondary N) is 2. The Kier molecular flexibility index (Phi) is 3.42. The van der Waals surface area contributed by atoms with Gasteiger partial charge in [0.25, 0.3) is 11.8 Å². The van der Waals surface area contributed by atoms with Crippen LogP contribution in [0.15, 0.2) is 41.9 Å². The number of amides is 2. The zero-order valence-electron chi connectivity index (χ0n) is 12.7. The molecule has 2 aromatic carbocycles. The molecule has 0 aliphatic carbocycles. The summed E-state index contributed by atoms with van der Waals surface area (Å²) in [5.74, 6) is 0.162. The Hall–Kier alpha value is -2.93. The van der Waals surface area contributed by atoms with Gasteiger partial charge in [-0.25, -0.2) is 4.98 Å². The third-order valence-electron chi connectivity index (χ3n) is 3.76. The molecule has 1 aliphatic rings. The smallest absolute Gasteiger partial charge is 0.265 e. The summed E-state index contributed by atoms with van der Waals surface area (Å²) < 4.78 is 6.46. The zero-order valence-corrected chi connectivity index (χ0v) is 13.5. The predicted molar refractivity (Wildman–Crippen MR) is 92.7 cm³/mol. The highest BCUT2D eigenvalue weighted by molar-refractivity contribution is 7.16. The lowest BCUT2D eigenvalue weighted by Crippen LogP contribution is -2.34. The van der Waals surface area contributed by atoms with Crippen LogP contribution in [0.25, 0.3) is 10.2 Å². The van der Waals surface area contributed by atoms with Crippen LogP contribution in [0.3, 0.4) is 0 Å². The van der Waals surface area contributed by atoms with Crippen molar-refractivity contribution in [2.24, 2.45) is 0 Å². The van der Waals surface area contributed by atoms with Crippen LogP contribution >= 0.6 is 11.3 Å². The molecule has 0 fully saturated rings. The predicted octanol–water partition coefficient (Wildman–Crippen LogP) is 3.27. The number of hydrogen-bond donors (Lipinski definition) is 2. The van der Waals surface area contributed by atoms with E-state index in [0.717, 1.165) is 10.2 Å². The summed E-state index contributed by atoms with van der Waals surface area (Å²) in [6.07, 6.45) is -0.524. The summed E-state index contributed by atoms with van der Waals surface area (Å²) in [7, 11) is 0. The number of carbonyl (C=O) groups is 2. The molecule has 1 atom stereocenters. The van der Waals surface area contributed by atoms with Gasteiger partial charge in [-0.15, -0.1) is 11.3 Å². The Morgan fingerprint density at radius 2 is 2.17 bits per heavy atom. The number of fused-ring (bicyclic) bond motifs is 2. The average Bonchev–Trinajstić information content (AvgIpc) is 3.03. The van der Waals surface area contributed by atoms with Crippen molar-refractivity contribution in [1.29, 1.82) is 0 Å². The highest BCUT2D eigenvalue weighted by Gasteiger charge is 2.23. The lowest BCUT2D eigenvalue weighted by atomic mass is 10.1. The van der Waals surface area contributed by atoms with Gasteiger partial charge in [0.2, 0.25) is 0 Å². The molecule has 0 saturated heterocycles.